The molecule has 4 unspecified atom stereocenters. The number of nitrogens with one attached hydrogen (secondary N) is 1. The minimum absolute atomic E-state index is 0.109. The van der Waals surface area contributed by atoms with Crippen molar-refractivity contribution in [3.05, 3.63) is 63.1 Å². The monoisotopic (exact) mass is 496 g/mol. The highest BCUT2D eigenvalue weighted by Crippen LogP contribution is 2.35. The summed E-state index contributed by atoms with van der Waals surface area (Å²) in [4.78, 5) is 11.7. The molecule has 172 valence electrons. The summed E-state index contributed by atoms with van der Waals surface area (Å²) in [5, 5.41) is 13.9. The SMILES string of the molecule is CC1CNC(Cc2ccc(Cl)c(Cl)c2)C(C)N1S(=O)(=O)c1cccc2c1CC(C(=O)O)C2. The minimum atomic E-state index is -3.82. The van der Waals surface area contributed by atoms with Crippen molar-refractivity contribution in [1.82, 2.24) is 9.62 Å². The topological polar surface area (TPSA) is 86.7 Å². The lowest BCUT2D eigenvalue weighted by molar-refractivity contribution is -0.141. The van der Waals surface area contributed by atoms with Gasteiger partial charge in [0.05, 0.1) is 20.9 Å². The summed E-state index contributed by atoms with van der Waals surface area (Å²) in [5.74, 6) is -1.48. The van der Waals surface area contributed by atoms with Crippen molar-refractivity contribution in [1.29, 1.82) is 0 Å². The Hall–Kier alpha value is -1.64. The zero-order valence-electron chi connectivity index (χ0n) is 17.9. The molecule has 4 atom stereocenters. The van der Waals surface area contributed by atoms with E-state index < -0.39 is 21.9 Å². The second kappa shape index (κ2) is 8.95. The first-order valence-corrected chi connectivity index (χ1v) is 12.8. The minimum Gasteiger partial charge on any atom is -0.481 e. The molecule has 0 amide bonds. The van der Waals surface area contributed by atoms with Gasteiger partial charge in [-0.3, -0.25) is 4.79 Å². The van der Waals surface area contributed by atoms with E-state index in [0.717, 1.165) is 11.1 Å². The number of halogens is 2. The maximum absolute atomic E-state index is 13.9. The van der Waals surface area contributed by atoms with Crippen LogP contribution < -0.4 is 5.32 Å². The highest BCUT2D eigenvalue weighted by molar-refractivity contribution is 7.89. The van der Waals surface area contributed by atoms with Crippen molar-refractivity contribution in [2.24, 2.45) is 5.92 Å². The number of carboxylic acids is 1. The molecule has 1 aliphatic carbocycles. The second-order valence-corrected chi connectivity index (χ2v) is 11.4. The number of rotatable bonds is 5. The van der Waals surface area contributed by atoms with Crippen LogP contribution in [0.5, 0.6) is 0 Å². The number of piperazine rings is 1. The molecule has 4 rings (SSSR count). The molecule has 9 heteroatoms. The first-order chi connectivity index (χ1) is 15.1. The van der Waals surface area contributed by atoms with Crippen LogP contribution in [0.1, 0.15) is 30.5 Å². The van der Waals surface area contributed by atoms with E-state index in [1.807, 2.05) is 32.0 Å². The highest BCUT2D eigenvalue weighted by atomic mass is 35.5. The standard InChI is InChI=1S/C23H26Cl2N2O4S/c1-13-12-26-21(9-15-6-7-19(24)20(25)8-15)14(2)27(13)32(30,31)22-5-3-4-16-10-17(23(28)29)11-18(16)22/h3-8,13-14,17,21,26H,9-12H2,1-2H3,(H,28,29). The Morgan fingerprint density at radius 3 is 2.59 bits per heavy atom. The number of aliphatic carboxylic acids is 1. The molecule has 32 heavy (non-hydrogen) atoms. The van der Waals surface area contributed by atoms with Gasteiger partial charge in [0.2, 0.25) is 10.0 Å². The van der Waals surface area contributed by atoms with Crippen molar-refractivity contribution in [3.63, 3.8) is 0 Å². The third-order valence-corrected chi connectivity index (χ3v) is 9.51. The molecule has 0 radical (unpaired) electrons. The summed E-state index contributed by atoms with van der Waals surface area (Å²) in [7, 11) is -3.82. The van der Waals surface area contributed by atoms with Crippen LogP contribution in [0.2, 0.25) is 10.0 Å². The van der Waals surface area contributed by atoms with Crippen molar-refractivity contribution < 1.29 is 18.3 Å². The van der Waals surface area contributed by atoms with E-state index in [1.165, 1.54) is 0 Å². The molecule has 0 aromatic heterocycles. The molecule has 0 saturated carbocycles. The Bertz CT molecular complexity index is 1150. The molecule has 2 aromatic rings. The maximum atomic E-state index is 13.9. The lowest BCUT2D eigenvalue weighted by Crippen LogP contribution is -2.62. The zero-order valence-corrected chi connectivity index (χ0v) is 20.2. The molecule has 1 fully saturated rings. The van der Waals surface area contributed by atoms with Gasteiger partial charge in [0.1, 0.15) is 0 Å². The summed E-state index contributed by atoms with van der Waals surface area (Å²) in [6.07, 6.45) is 1.20. The van der Waals surface area contributed by atoms with E-state index in [4.69, 9.17) is 23.2 Å². The molecule has 2 aliphatic rings. The third kappa shape index (κ3) is 4.29. The Kier molecular flexibility index (Phi) is 6.58. The van der Waals surface area contributed by atoms with Gasteiger partial charge in [0.25, 0.3) is 0 Å². The predicted molar refractivity (Wildman–Crippen MR) is 125 cm³/mol. The van der Waals surface area contributed by atoms with Crippen molar-refractivity contribution >= 4 is 39.2 Å². The smallest absolute Gasteiger partial charge is 0.307 e. The number of hydrogen-bond acceptors (Lipinski definition) is 4. The van der Waals surface area contributed by atoms with E-state index in [1.54, 1.807) is 22.5 Å². The number of carboxylic acid groups (broad SMARTS) is 1. The van der Waals surface area contributed by atoms with Crippen LogP contribution in [0.15, 0.2) is 41.3 Å². The van der Waals surface area contributed by atoms with Crippen molar-refractivity contribution in [3.8, 4) is 0 Å². The number of hydrogen-bond donors (Lipinski definition) is 2. The summed E-state index contributed by atoms with van der Waals surface area (Å²) < 4.78 is 29.3. The quantitative estimate of drug-likeness (QED) is 0.657. The normalized spacial score (nSPS) is 26.1. The predicted octanol–water partition coefficient (Wildman–Crippen LogP) is 3.78. The molecular weight excluding hydrogens is 471 g/mol. The average molecular weight is 497 g/mol. The summed E-state index contributed by atoms with van der Waals surface area (Å²) in [5.41, 5.74) is 2.42. The number of sulfonamides is 1. The van der Waals surface area contributed by atoms with Crippen molar-refractivity contribution in [2.45, 2.75) is 56.1 Å². The number of benzene rings is 2. The first-order valence-electron chi connectivity index (χ1n) is 10.6. The molecule has 6 nitrogen and oxygen atoms in total. The number of carbonyl (C=O) groups is 1. The van der Waals surface area contributed by atoms with E-state index >= 15 is 0 Å². The van der Waals surface area contributed by atoms with Gasteiger partial charge in [-0.2, -0.15) is 4.31 Å². The van der Waals surface area contributed by atoms with Gasteiger partial charge in [-0.1, -0.05) is 41.4 Å². The van der Waals surface area contributed by atoms with Gasteiger partial charge >= 0.3 is 5.97 Å². The third-order valence-electron chi connectivity index (χ3n) is 6.58. The van der Waals surface area contributed by atoms with Crippen LogP contribution in [0, 0.1) is 5.92 Å². The summed E-state index contributed by atoms with van der Waals surface area (Å²) in [6, 6.07) is 9.93. The Balaban J connectivity index is 1.64. The first kappa shape index (κ1) is 23.5. The van der Waals surface area contributed by atoms with Crippen LogP contribution in [-0.4, -0.2) is 48.5 Å². The van der Waals surface area contributed by atoms with E-state index in [-0.39, 0.29) is 29.4 Å². The highest BCUT2D eigenvalue weighted by Gasteiger charge is 2.42. The Morgan fingerprint density at radius 1 is 1.16 bits per heavy atom. The van der Waals surface area contributed by atoms with E-state index in [9.17, 15) is 18.3 Å². The average Bonchev–Trinajstić information content (AvgIpc) is 3.17. The van der Waals surface area contributed by atoms with Gasteiger partial charge in [0, 0.05) is 24.7 Å². The van der Waals surface area contributed by atoms with E-state index in [2.05, 4.69) is 5.32 Å². The van der Waals surface area contributed by atoms with Gasteiger partial charge in [-0.05, 0) is 68.0 Å². The fourth-order valence-corrected chi connectivity index (χ4v) is 7.39. The molecule has 0 bridgehead atoms. The summed E-state index contributed by atoms with van der Waals surface area (Å²) in [6.45, 7) is 4.31. The second-order valence-electron chi connectivity index (χ2n) is 8.73. The molecule has 2 aromatic carbocycles. The number of fused-ring (bicyclic) bond motifs is 1. The van der Waals surface area contributed by atoms with Gasteiger partial charge in [-0.25, -0.2) is 8.42 Å². The van der Waals surface area contributed by atoms with Crippen LogP contribution in [0.4, 0.5) is 0 Å². The van der Waals surface area contributed by atoms with E-state index in [0.29, 0.717) is 35.0 Å². The molecule has 2 N–H and O–H groups in total. The fraction of sp³-hybridized carbons (Fsp3) is 0.435. The molecule has 1 aliphatic heterocycles. The molecule has 0 spiro atoms. The van der Waals surface area contributed by atoms with Gasteiger partial charge in [-0.15, -0.1) is 0 Å². The fourth-order valence-electron chi connectivity index (χ4n) is 4.93. The summed E-state index contributed by atoms with van der Waals surface area (Å²) >= 11 is 12.2. The molecule has 1 saturated heterocycles. The largest absolute Gasteiger partial charge is 0.481 e. The molecule has 1 heterocycles. The zero-order chi connectivity index (χ0) is 23.2. The van der Waals surface area contributed by atoms with Crippen LogP contribution in [-0.2, 0) is 34.1 Å². The van der Waals surface area contributed by atoms with Crippen LogP contribution >= 0.6 is 23.2 Å². The Morgan fingerprint density at radius 2 is 1.91 bits per heavy atom. The Labute approximate surface area is 198 Å². The maximum Gasteiger partial charge on any atom is 0.307 e. The lowest BCUT2D eigenvalue weighted by atomic mass is 9.97. The van der Waals surface area contributed by atoms with Gasteiger partial charge < -0.3 is 10.4 Å². The molecular formula is C23H26Cl2N2O4S. The van der Waals surface area contributed by atoms with Crippen molar-refractivity contribution in [2.75, 3.05) is 6.54 Å². The van der Waals surface area contributed by atoms with Crippen LogP contribution in [0.25, 0.3) is 0 Å². The van der Waals surface area contributed by atoms with Crippen LogP contribution in [0.3, 0.4) is 0 Å². The lowest BCUT2D eigenvalue weighted by Gasteiger charge is -2.43. The number of nitrogens with zero attached hydrogens (tertiary/aromatic N) is 1. The van der Waals surface area contributed by atoms with Gasteiger partial charge in [0.15, 0.2) is 0 Å².